The molecule has 0 aromatic heterocycles. The molecule has 2 aromatic carbocycles. The summed E-state index contributed by atoms with van der Waals surface area (Å²) < 4.78 is 10.6. The van der Waals surface area contributed by atoms with Crippen LogP contribution in [0.15, 0.2) is 42.5 Å². The molecule has 0 heterocycles. The van der Waals surface area contributed by atoms with Crippen LogP contribution in [-0.2, 0) is 9.53 Å². The van der Waals surface area contributed by atoms with Gasteiger partial charge in [-0.25, -0.2) is 4.79 Å². The van der Waals surface area contributed by atoms with Crippen LogP contribution in [-0.4, -0.2) is 24.6 Å². The molecule has 25 heavy (non-hydrogen) atoms. The van der Waals surface area contributed by atoms with Crippen molar-refractivity contribution in [1.82, 2.24) is 0 Å². The van der Waals surface area contributed by atoms with E-state index in [0.717, 1.165) is 5.56 Å². The number of amides is 1. The standard InChI is InChI=1S/C19H20ClNO4/c1-4-24-19(23)14-10-9-12(2)16(11-14)21-18(22)13(3)25-17-8-6-5-7-15(17)20/h5-11,13H,4H2,1-3H3,(H,21,22). The van der Waals surface area contributed by atoms with Gasteiger partial charge in [-0.3, -0.25) is 4.79 Å². The number of esters is 1. The van der Waals surface area contributed by atoms with E-state index in [0.29, 0.717) is 22.0 Å². The number of hydrogen-bond acceptors (Lipinski definition) is 4. The van der Waals surface area contributed by atoms with Crippen molar-refractivity contribution in [3.63, 3.8) is 0 Å². The Labute approximate surface area is 151 Å². The molecule has 1 N–H and O–H groups in total. The van der Waals surface area contributed by atoms with Crippen molar-refractivity contribution in [3.8, 4) is 5.75 Å². The maximum atomic E-state index is 12.4. The first kappa shape index (κ1) is 18.8. The average Bonchev–Trinajstić information content (AvgIpc) is 2.59. The van der Waals surface area contributed by atoms with E-state index in [2.05, 4.69) is 5.32 Å². The van der Waals surface area contributed by atoms with Crippen LogP contribution in [0.2, 0.25) is 5.02 Å². The zero-order chi connectivity index (χ0) is 18.4. The van der Waals surface area contributed by atoms with Gasteiger partial charge >= 0.3 is 5.97 Å². The maximum absolute atomic E-state index is 12.4. The molecule has 0 fully saturated rings. The minimum Gasteiger partial charge on any atom is -0.479 e. The van der Waals surface area contributed by atoms with Gasteiger partial charge in [-0.05, 0) is 50.6 Å². The van der Waals surface area contributed by atoms with Gasteiger partial charge in [0.05, 0.1) is 17.2 Å². The Hall–Kier alpha value is -2.53. The number of carbonyl (C=O) groups is 2. The topological polar surface area (TPSA) is 64.6 Å². The largest absolute Gasteiger partial charge is 0.479 e. The van der Waals surface area contributed by atoms with Crippen molar-refractivity contribution in [3.05, 3.63) is 58.6 Å². The van der Waals surface area contributed by atoms with Gasteiger partial charge in [0.2, 0.25) is 0 Å². The fourth-order valence-corrected chi connectivity index (χ4v) is 2.30. The lowest BCUT2D eigenvalue weighted by Gasteiger charge is -2.17. The van der Waals surface area contributed by atoms with Crippen molar-refractivity contribution < 1.29 is 19.1 Å². The number of anilines is 1. The minimum atomic E-state index is -0.759. The predicted molar refractivity (Wildman–Crippen MR) is 97.3 cm³/mol. The van der Waals surface area contributed by atoms with E-state index >= 15 is 0 Å². The van der Waals surface area contributed by atoms with Crippen LogP contribution in [0.5, 0.6) is 5.75 Å². The van der Waals surface area contributed by atoms with Crippen LogP contribution < -0.4 is 10.1 Å². The lowest BCUT2D eigenvalue weighted by atomic mass is 10.1. The molecule has 0 radical (unpaired) electrons. The van der Waals surface area contributed by atoms with Crippen LogP contribution >= 0.6 is 11.6 Å². The van der Waals surface area contributed by atoms with E-state index < -0.39 is 12.1 Å². The zero-order valence-electron chi connectivity index (χ0n) is 14.3. The molecule has 0 spiro atoms. The SMILES string of the molecule is CCOC(=O)c1ccc(C)c(NC(=O)C(C)Oc2ccccc2Cl)c1. The smallest absolute Gasteiger partial charge is 0.338 e. The van der Waals surface area contributed by atoms with Gasteiger partial charge in [-0.2, -0.15) is 0 Å². The second-order valence-corrected chi connectivity index (χ2v) is 5.84. The molecule has 1 atom stereocenters. The number of benzene rings is 2. The van der Waals surface area contributed by atoms with Crippen molar-refractivity contribution >= 4 is 29.2 Å². The molecule has 2 rings (SSSR count). The summed E-state index contributed by atoms with van der Waals surface area (Å²) in [5.74, 6) is -0.341. The molecule has 1 unspecified atom stereocenters. The first-order valence-corrected chi connectivity index (χ1v) is 8.30. The summed E-state index contributed by atoms with van der Waals surface area (Å²) in [6, 6.07) is 11.9. The number of ether oxygens (including phenoxy) is 2. The Balaban J connectivity index is 2.10. The van der Waals surface area contributed by atoms with E-state index in [-0.39, 0.29) is 12.5 Å². The third-order valence-corrected chi connectivity index (χ3v) is 3.83. The fraction of sp³-hybridized carbons (Fsp3) is 0.263. The Kier molecular flexibility index (Phi) is 6.42. The summed E-state index contributed by atoms with van der Waals surface area (Å²) in [6.45, 7) is 5.49. The highest BCUT2D eigenvalue weighted by molar-refractivity contribution is 6.32. The molecule has 1 amide bonds. The summed E-state index contributed by atoms with van der Waals surface area (Å²) in [5, 5.41) is 3.21. The van der Waals surface area contributed by atoms with Gasteiger partial charge in [0.15, 0.2) is 6.10 Å². The monoisotopic (exact) mass is 361 g/mol. The van der Waals surface area contributed by atoms with Crippen LogP contribution in [0.3, 0.4) is 0 Å². The molecule has 0 aliphatic rings. The Bertz CT molecular complexity index is 776. The second kappa shape index (κ2) is 8.53. The van der Waals surface area contributed by atoms with E-state index in [1.165, 1.54) is 0 Å². The minimum absolute atomic E-state index is 0.289. The molecular weight excluding hydrogens is 342 g/mol. The number of halogens is 1. The molecule has 0 saturated carbocycles. The Morgan fingerprint density at radius 3 is 2.60 bits per heavy atom. The van der Waals surface area contributed by atoms with E-state index in [1.54, 1.807) is 56.3 Å². The summed E-state index contributed by atoms with van der Waals surface area (Å²) in [7, 11) is 0. The molecule has 5 nitrogen and oxygen atoms in total. The van der Waals surface area contributed by atoms with Crippen molar-refractivity contribution in [2.24, 2.45) is 0 Å². The number of aryl methyl sites for hydroxylation is 1. The maximum Gasteiger partial charge on any atom is 0.338 e. The number of nitrogens with one attached hydrogen (secondary N) is 1. The third kappa shape index (κ3) is 4.97. The quantitative estimate of drug-likeness (QED) is 0.782. The number of carbonyl (C=O) groups excluding carboxylic acids is 2. The summed E-state index contributed by atoms with van der Waals surface area (Å²) in [4.78, 5) is 24.2. The molecule has 2 aromatic rings. The molecule has 0 aliphatic carbocycles. The Morgan fingerprint density at radius 1 is 1.20 bits per heavy atom. The van der Waals surface area contributed by atoms with Gasteiger partial charge in [-0.15, -0.1) is 0 Å². The second-order valence-electron chi connectivity index (χ2n) is 5.43. The van der Waals surface area contributed by atoms with Crippen molar-refractivity contribution in [2.75, 3.05) is 11.9 Å². The number of rotatable bonds is 6. The van der Waals surface area contributed by atoms with Gasteiger partial charge < -0.3 is 14.8 Å². The fourth-order valence-electron chi connectivity index (χ4n) is 2.12. The third-order valence-electron chi connectivity index (χ3n) is 3.52. The highest BCUT2D eigenvalue weighted by Crippen LogP contribution is 2.25. The van der Waals surface area contributed by atoms with E-state index in [1.807, 2.05) is 6.92 Å². The molecule has 132 valence electrons. The van der Waals surface area contributed by atoms with Gasteiger partial charge in [0, 0.05) is 5.69 Å². The summed E-state index contributed by atoms with van der Waals surface area (Å²) >= 11 is 6.04. The summed E-state index contributed by atoms with van der Waals surface area (Å²) in [5.41, 5.74) is 1.74. The first-order chi connectivity index (χ1) is 11.9. The first-order valence-electron chi connectivity index (χ1n) is 7.92. The van der Waals surface area contributed by atoms with E-state index in [4.69, 9.17) is 21.1 Å². The number of para-hydroxylation sites is 1. The number of hydrogen-bond donors (Lipinski definition) is 1. The average molecular weight is 362 g/mol. The summed E-state index contributed by atoms with van der Waals surface area (Å²) in [6.07, 6.45) is -0.759. The van der Waals surface area contributed by atoms with Gasteiger partial charge in [0.1, 0.15) is 5.75 Å². The zero-order valence-corrected chi connectivity index (χ0v) is 15.1. The lowest BCUT2D eigenvalue weighted by Crippen LogP contribution is -2.30. The van der Waals surface area contributed by atoms with Crippen LogP contribution in [0.4, 0.5) is 5.69 Å². The lowest BCUT2D eigenvalue weighted by molar-refractivity contribution is -0.122. The van der Waals surface area contributed by atoms with E-state index in [9.17, 15) is 9.59 Å². The highest BCUT2D eigenvalue weighted by atomic mass is 35.5. The predicted octanol–water partition coefficient (Wildman–Crippen LogP) is 4.23. The van der Waals surface area contributed by atoms with Crippen LogP contribution in [0, 0.1) is 6.92 Å². The van der Waals surface area contributed by atoms with Crippen LogP contribution in [0.1, 0.15) is 29.8 Å². The highest BCUT2D eigenvalue weighted by Gasteiger charge is 2.18. The van der Waals surface area contributed by atoms with Crippen molar-refractivity contribution in [1.29, 1.82) is 0 Å². The van der Waals surface area contributed by atoms with Crippen molar-refractivity contribution in [2.45, 2.75) is 26.9 Å². The molecular formula is C19H20ClNO4. The molecule has 0 saturated heterocycles. The molecule has 0 aliphatic heterocycles. The molecule has 0 bridgehead atoms. The van der Waals surface area contributed by atoms with Crippen LogP contribution in [0.25, 0.3) is 0 Å². The Morgan fingerprint density at radius 2 is 1.92 bits per heavy atom. The van der Waals surface area contributed by atoms with Gasteiger partial charge in [0.25, 0.3) is 5.91 Å². The normalized spacial score (nSPS) is 11.5. The van der Waals surface area contributed by atoms with Gasteiger partial charge in [-0.1, -0.05) is 29.8 Å². The molecule has 6 heteroatoms.